The number of halogens is 1. The van der Waals surface area contributed by atoms with Crippen LogP contribution in [0.3, 0.4) is 0 Å². The first-order valence-corrected chi connectivity index (χ1v) is 11.5. The predicted octanol–water partition coefficient (Wildman–Crippen LogP) is 2.46. The monoisotopic (exact) mass is 490 g/mol. The summed E-state index contributed by atoms with van der Waals surface area (Å²) in [7, 11) is -1.88. The molecule has 0 aliphatic heterocycles. The number of aromatic nitrogens is 1. The van der Waals surface area contributed by atoms with E-state index >= 15 is 0 Å². The van der Waals surface area contributed by atoms with Gasteiger partial charge in [-0.15, -0.1) is 0 Å². The van der Waals surface area contributed by atoms with E-state index in [9.17, 15) is 18.0 Å². The summed E-state index contributed by atoms with van der Waals surface area (Å²) in [6.07, 6.45) is 3.30. The minimum Gasteiger partial charge on any atom is -0.350 e. The van der Waals surface area contributed by atoms with Crippen molar-refractivity contribution in [2.45, 2.75) is 23.8 Å². The standard InChI is InChI=1S/C20H19BrN4O4S/c1-25-11-16(14-4-2-3-5-18(14)25)20(27)23-22-19(26)15-10-13(8-9-17(15)21)30(28,29)24-12-6-7-12/h2-5,8-12,24H,6-7H2,1H3,(H,22,26)(H,23,27). The quantitative estimate of drug-likeness (QED) is 0.477. The van der Waals surface area contributed by atoms with E-state index in [2.05, 4.69) is 31.5 Å². The van der Waals surface area contributed by atoms with Gasteiger partial charge in [-0.05, 0) is 53.0 Å². The molecule has 2 aromatic carbocycles. The number of benzene rings is 2. The highest BCUT2D eigenvalue weighted by molar-refractivity contribution is 9.10. The molecular weight excluding hydrogens is 472 g/mol. The molecule has 2 amide bonds. The first-order chi connectivity index (χ1) is 14.3. The normalized spacial score (nSPS) is 13.9. The lowest BCUT2D eigenvalue weighted by atomic mass is 10.2. The van der Waals surface area contributed by atoms with Crippen LogP contribution in [-0.4, -0.2) is 30.8 Å². The smallest absolute Gasteiger partial charge is 0.271 e. The number of amides is 2. The lowest BCUT2D eigenvalue weighted by Gasteiger charge is -2.11. The van der Waals surface area contributed by atoms with E-state index in [0.717, 1.165) is 23.7 Å². The second-order valence-electron chi connectivity index (χ2n) is 7.12. The average molecular weight is 491 g/mol. The van der Waals surface area contributed by atoms with Gasteiger partial charge in [0, 0.05) is 34.7 Å². The van der Waals surface area contributed by atoms with E-state index in [0.29, 0.717) is 10.0 Å². The molecular formula is C20H19BrN4O4S. The Labute approximate surface area is 181 Å². The largest absolute Gasteiger partial charge is 0.350 e. The van der Waals surface area contributed by atoms with Crippen molar-refractivity contribution in [3.63, 3.8) is 0 Å². The van der Waals surface area contributed by atoms with Crippen LogP contribution in [0.1, 0.15) is 33.6 Å². The summed E-state index contributed by atoms with van der Waals surface area (Å²) >= 11 is 3.26. The number of hydrazine groups is 1. The molecule has 30 heavy (non-hydrogen) atoms. The van der Waals surface area contributed by atoms with Gasteiger partial charge in [-0.3, -0.25) is 20.4 Å². The van der Waals surface area contributed by atoms with Crippen LogP contribution < -0.4 is 15.6 Å². The van der Waals surface area contributed by atoms with Crippen molar-refractivity contribution in [1.82, 2.24) is 20.1 Å². The second kappa shape index (κ2) is 7.86. The zero-order valence-corrected chi connectivity index (χ0v) is 18.4. The van der Waals surface area contributed by atoms with Crippen LogP contribution >= 0.6 is 15.9 Å². The highest BCUT2D eigenvalue weighted by Gasteiger charge is 2.28. The predicted molar refractivity (Wildman–Crippen MR) is 115 cm³/mol. The highest BCUT2D eigenvalue weighted by atomic mass is 79.9. The Kier molecular flexibility index (Phi) is 5.39. The van der Waals surface area contributed by atoms with Gasteiger partial charge in [0.2, 0.25) is 10.0 Å². The van der Waals surface area contributed by atoms with Crippen molar-refractivity contribution < 1.29 is 18.0 Å². The Bertz CT molecular complexity index is 1270. The maximum Gasteiger partial charge on any atom is 0.271 e. The van der Waals surface area contributed by atoms with Gasteiger partial charge in [0.25, 0.3) is 11.8 Å². The third kappa shape index (κ3) is 4.11. The Morgan fingerprint density at radius 2 is 1.70 bits per heavy atom. The van der Waals surface area contributed by atoms with E-state index in [1.54, 1.807) is 6.20 Å². The fraction of sp³-hybridized carbons (Fsp3) is 0.200. The molecule has 3 aromatic rings. The van der Waals surface area contributed by atoms with E-state index < -0.39 is 21.8 Å². The molecule has 10 heteroatoms. The average Bonchev–Trinajstić information content (AvgIpc) is 3.46. The van der Waals surface area contributed by atoms with Crippen molar-refractivity contribution in [3.8, 4) is 0 Å². The third-order valence-electron chi connectivity index (χ3n) is 4.82. The number of carbonyl (C=O) groups excluding carboxylic acids is 2. The van der Waals surface area contributed by atoms with E-state index in [1.165, 1.54) is 18.2 Å². The van der Waals surface area contributed by atoms with Crippen molar-refractivity contribution in [2.24, 2.45) is 7.05 Å². The van der Waals surface area contributed by atoms with E-state index in [-0.39, 0.29) is 16.5 Å². The lowest BCUT2D eigenvalue weighted by molar-refractivity contribution is 0.0847. The molecule has 0 spiro atoms. The first kappa shape index (κ1) is 20.6. The summed E-state index contributed by atoms with van der Waals surface area (Å²) in [5.74, 6) is -1.12. The van der Waals surface area contributed by atoms with Gasteiger partial charge in [-0.25, -0.2) is 13.1 Å². The summed E-state index contributed by atoms with van der Waals surface area (Å²) in [5, 5.41) is 0.757. The minimum atomic E-state index is -3.71. The molecule has 8 nitrogen and oxygen atoms in total. The number of rotatable bonds is 5. The Balaban J connectivity index is 1.51. The topological polar surface area (TPSA) is 109 Å². The molecule has 156 valence electrons. The van der Waals surface area contributed by atoms with Gasteiger partial charge >= 0.3 is 0 Å². The van der Waals surface area contributed by atoms with Crippen molar-refractivity contribution in [1.29, 1.82) is 0 Å². The third-order valence-corrected chi connectivity index (χ3v) is 7.03. The number of fused-ring (bicyclic) bond motifs is 1. The highest BCUT2D eigenvalue weighted by Crippen LogP contribution is 2.25. The second-order valence-corrected chi connectivity index (χ2v) is 9.68. The van der Waals surface area contributed by atoms with Gasteiger partial charge in [0.15, 0.2) is 0 Å². The minimum absolute atomic E-state index is 0.0110. The molecule has 0 bridgehead atoms. The first-order valence-electron chi connectivity index (χ1n) is 9.23. The van der Waals surface area contributed by atoms with E-state index in [1.807, 2.05) is 35.9 Å². The van der Waals surface area contributed by atoms with Gasteiger partial charge in [0.1, 0.15) is 0 Å². The number of carbonyl (C=O) groups is 2. The molecule has 1 heterocycles. The van der Waals surface area contributed by atoms with Crippen LogP contribution in [0.5, 0.6) is 0 Å². The van der Waals surface area contributed by atoms with Crippen molar-refractivity contribution in [2.75, 3.05) is 0 Å². The number of nitrogens with one attached hydrogen (secondary N) is 3. The number of hydrogen-bond acceptors (Lipinski definition) is 4. The summed E-state index contributed by atoms with van der Waals surface area (Å²) < 4.78 is 29.6. The summed E-state index contributed by atoms with van der Waals surface area (Å²) in [6.45, 7) is 0. The molecule has 1 aromatic heterocycles. The maximum atomic E-state index is 12.6. The lowest BCUT2D eigenvalue weighted by Crippen LogP contribution is -2.41. The molecule has 1 saturated carbocycles. The molecule has 3 N–H and O–H groups in total. The Morgan fingerprint density at radius 1 is 1.03 bits per heavy atom. The fourth-order valence-corrected chi connectivity index (χ4v) is 4.86. The number of sulfonamides is 1. The molecule has 0 atom stereocenters. The molecule has 0 radical (unpaired) electrons. The Morgan fingerprint density at radius 3 is 2.40 bits per heavy atom. The van der Waals surface area contributed by atoms with Gasteiger partial charge in [0.05, 0.1) is 16.0 Å². The molecule has 4 rings (SSSR count). The van der Waals surface area contributed by atoms with Crippen LogP contribution in [0.25, 0.3) is 10.9 Å². The van der Waals surface area contributed by atoms with Crippen LogP contribution in [0.2, 0.25) is 0 Å². The summed E-state index contributed by atoms with van der Waals surface area (Å²) in [4.78, 5) is 25.2. The SMILES string of the molecule is Cn1cc(C(=O)NNC(=O)c2cc(S(=O)(=O)NC3CC3)ccc2Br)c2ccccc21. The summed E-state index contributed by atoms with van der Waals surface area (Å²) in [6, 6.07) is 11.6. The fourth-order valence-electron chi connectivity index (χ4n) is 3.11. The van der Waals surface area contributed by atoms with Crippen LogP contribution in [-0.2, 0) is 17.1 Å². The number of para-hydroxylation sites is 1. The maximum absolute atomic E-state index is 12.6. The number of nitrogens with zero attached hydrogens (tertiary/aromatic N) is 1. The van der Waals surface area contributed by atoms with Gasteiger partial charge < -0.3 is 4.57 Å². The van der Waals surface area contributed by atoms with Crippen LogP contribution in [0.4, 0.5) is 0 Å². The molecule has 0 unspecified atom stereocenters. The van der Waals surface area contributed by atoms with Crippen molar-refractivity contribution >= 4 is 48.7 Å². The molecule has 1 aliphatic carbocycles. The Hall–Kier alpha value is -2.69. The van der Waals surface area contributed by atoms with Crippen molar-refractivity contribution in [3.05, 3.63) is 64.3 Å². The summed E-state index contributed by atoms with van der Waals surface area (Å²) in [5.41, 5.74) is 6.13. The molecule has 1 fully saturated rings. The van der Waals surface area contributed by atoms with Crippen LogP contribution in [0.15, 0.2) is 58.0 Å². The molecule has 1 aliphatic rings. The number of aryl methyl sites for hydroxylation is 1. The van der Waals surface area contributed by atoms with E-state index in [4.69, 9.17) is 0 Å². The molecule has 0 saturated heterocycles. The van der Waals surface area contributed by atoms with Crippen LogP contribution in [0, 0.1) is 0 Å². The van der Waals surface area contributed by atoms with Gasteiger partial charge in [-0.1, -0.05) is 18.2 Å². The zero-order valence-electron chi connectivity index (χ0n) is 16.0. The van der Waals surface area contributed by atoms with Gasteiger partial charge in [-0.2, -0.15) is 0 Å². The number of hydrogen-bond donors (Lipinski definition) is 3. The zero-order chi connectivity index (χ0) is 21.5.